The van der Waals surface area contributed by atoms with E-state index in [2.05, 4.69) is 40.1 Å². The van der Waals surface area contributed by atoms with Crippen LogP contribution in [0.5, 0.6) is 0 Å². The number of benzene rings is 2. The van der Waals surface area contributed by atoms with E-state index >= 15 is 0 Å². The molecule has 2 aromatic rings. The molecule has 5 heteroatoms. The number of hydrogen-bond donors (Lipinski definition) is 0. The third-order valence-corrected chi connectivity index (χ3v) is 10.0. The second kappa shape index (κ2) is 8.69. The predicted octanol–water partition coefficient (Wildman–Crippen LogP) is 6.79. The lowest BCUT2D eigenvalue weighted by Crippen LogP contribution is -2.83. The van der Waals surface area contributed by atoms with Crippen molar-refractivity contribution < 1.29 is 14.3 Å². The molecule has 0 radical (unpaired) electrons. The van der Waals surface area contributed by atoms with Crippen molar-refractivity contribution >= 4 is 17.5 Å². The summed E-state index contributed by atoms with van der Waals surface area (Å²) in [4.78, 5) is 32.3. The average Bonchev–Trinajstić information content (AvgIpc) is 3.18. The maximum absolute atomic E-state index is 14.1. The molecule has 4 aliphatic heterocycles. The molecule has 3 fully saturated rings. The zero-order valence-electron chi connectivity index (χ0n) is 21.8. The normalized spacial score (nSPS) is 33.6. The van der Waals surface area contributed by atoms with Crippen LogP contribution in [0.15, 0.2) is 48.5 Å². The topological polar surface area (TPSA) is 49.9 Å². The standard InChI is InChI=1S/C32H38N2O3/c35-28-20-8-5-3-1-2-4-6-15-23-33-29(36)24-16-9-10-17-25(24)32(33)30-21-13-7-14-22-31(30,37-32)34(28)27-19-12-11-18-26(27)30/h9-12,16-19H,1-8,13-15,20-23H2/t30-,31-,32-/m1/s1. The van der Waals surface area contributed by atoms with Crippen molar-refractivity contribution in [3.63, 3.8) is 0 Å². The summed E-state index contributed by atoms with van der Waals surface area (Å²) in [6.45, 7) is 0.696. The summed E-state index contributed by atoms with van der Waals surface area (Å²) in [6, 6.07) is 16.6. The summed E-state index contributed by atoms with van der Waals surface area (Å²) in [5.74, 6) is 0.272. The zero-order valence-corrected chi connectivity index (χ0v) is 21.8. The molecule has 2 spiro atoms. The van der Waals surface area contributed by atoms with Gasteiger partial charge in [0.1, 0.15) is 0 Å². The molecule has 0 unspecified atom stereocenters. The second-order valence-corrected chi connectivity index (χ2v) is 11.8. The smallest absolute Gasteiger partial charge is 0.256 e. The van der Waals surface area contributed by atoms with E-state index in [1.807, 2.05) is 18.2 Å². The number of rotatable bonds is 0. The lowest BCUT2D eigenvalue weighted by molar-refractivity contribution is -0.388. The molecule has 2 bridgehead atoms. The number of amides is 2. The Morgan fingerprint density at radius 2 is 1.32 bits per heavy atom. The van der Waals surface area contributed by atoms with Gasteiger partial charge in [-0.1, -0.05) is 87.8 Å². The van der Waals surface area contributed by atoms with Gasteiger partial charge >= 0.3 is 0 Å². The van der Waals surface area contributed by atoms with Gasteiger partial charge in [0.05, 0.1) is 11.1 Å². The fraction of sp³-hybridized carbons (Fsp3) is 0.562. The Morgan fingerprint density at radius 3 is 2.16 bits per heavy atom. The van der Waals surface area contributed by atoms with Crippen LogP contribution in [0.4, 0.5) is 5.69 Å². The van der Waals surface area contributed by atoms with Crippen LogP contribution in [-0.4, -0.2) is 29.0 Å². The van der Waals surface area contributed by atoms with Gasteiger partial charge in [-0.25, -0.2) is 0 Å². The second-order valence-electron chi connectivity index (χ2n) is 11.8. The number of fused-ring (bicyclic) bond motifs is 3. The van der Waals surface area contributed by atoms with Crippen LogP contribution in [0.3, 0.4) is 0 Å². The molecule has 37 heavy (non-hydrogen) atoms. The first-order valence-electron chi connectivity index (χ1n) is 14.7. The molecular weight excluding hydrogens is 460 g/mol. The lowest BCUT2D eigenvalue weighted by Gasteiger charge is -2.69. The van der Waals surface area contributed by atoms with Crippen LogP contribution >= 0.6 is 0 Å². The minimum atomic E-state index is -0.854. The number of carbonyl (C=O) groups is 2. The van der Waals surface area contributed by atoms with E-state index in [4.69, 9.17) is 4.74 Å². The van der Waals surface area contributed by atoms with E-state index in [1.165, 1.54) is 31.2 Å². The van der Waals surface area contributed by atoms with Gasteiger partial charge in [0.2, 0.25) is 5.91 Å². The summed E-state index contributed by atoms with van der Waals surface area (Å²) >= 11 is 0. The molecule has 0 N–H and O–H groups in total. The van der Waals surface area contributed by atoms with Gasteiger partial charge in [-0.2, -0.15) is 0 Å². The van der Waals surface area contributed by atoms with E-state index in [9.17, 15) is 9.59 Å². The Morgan fingerprint density at radius 1 is 0.676 bits per heavy atom. The Hall–Kier alpha value is -2.66. The van der Waals surface area contributed by atoms with E-state index in [-0.39, 0.29) is 11.8 Å². The molecule has 1 saturated carbocycles. The summed E-state index contributed by atoms with van der Waals surface area (Å²) in [5.41, 5.74) is 1.95. The number of nitrogens with zero attached hydrogens (tertiary/aromatic N) is 2. The Labute approximate surface area is 220 Å². The molecule has 2 aromatic carbocycles. The highest BCUT2D eigenvalue weighted by molar-refractivity contribution is 6.03. The maximum atomic E-state index is 14.1. The molecular formula is C32H38N2O3. The molecule has 194 valence electrons. The number of ether oxygens (including phenoxy) is 1. The summed E-state index contributed by atoms with van der Waals surface area (Å²) in [7, 11) is 0. The molecule has 4 heterocycles. The molecule has 3 atom stereocenters. The molecule has 7 rings (SSSR count). The maximum Gasteiger partial charge on any atom is 0.256 e. The van der Waals surface area contributed by atoms with Crippen molar-refractivity contribution in [3.05, 3.63) is 65.2 Å². The van der Waals surface area contributed by atoms with Gasteiger partial charge in [-0.3, -0.25) is 14.5 Å². The molecule has 1 aliphatic carbocycles. The van der Waals surface area contributed by atoms with Gasteiger partial charge in [-0.15, -0.1) is 0 Å². The average molecular weight is 499 g/mol. The van der Waals surface area contributed by atoms with Gasteiger partial charge in [-0.05, 0) is 49.8 Å². The van der Waals surface area contributed by atoms with Crippen LogP contribution < -0.4 is 4.90 Å². The highest BCUT2D eigenvalue weighted by Gasteiger charge is 2.86. The van der Waals surface area contributed by atoms with Crippen molar-refractivity contribution in [2.75, 3.05) is 11.4 Å². The van der Waals surface area contributed by atoms with Crippen LogP contribution in [0.1, 0.15) is 111 Å². The van der Waals surface area contributed by atoms with Crippen molar-refractivity contribution in [1.29, 1.82) is 0 Å². The molecule has 0 aromatic heterocycles. The van der Waals surface area contributed by atoms with Crippen LogP contribution in [0.2, 0.25) is 0 Å². The zero-order chi connectivity index (χ0) is 25.1. The minimum Gasteiger partial charge on any atom is -0.323 e. The van der Waals surface area contributed by atoms with Gasteiger partial charge in [0.25, 0.3) is 5.91 Å². The first-order valence-corrected chi connectivity index (χ1v) is 14.7. The van der Waals surface area contributed by atoms with Gasteiger partial charge < -0.3 is 9.64 Å². The molecule has 5 aliphatic rings. The number of hydrogen-bond acceptors (Lipinski definition) is 3. The number of para-hydroxylation sites is 1. The highest BCUT2D eigenvalue weighted by Crippen LogP contribution is 2.76. The lowest BCUT2D eigenvalue weighted by atomic mass is 9.56. The largest absolute Gasteiger partial charge is 0.323 e. The molecule has 2 amide bonds. The fourth-order valence-corrected chi connectivity index (χ4v) is 8.58. The molecule has 5 nitrogen and oxygen atoms in total. The van der Waals surface area contributed by atoms with Crippen LogP contribution in [-0.2, 0) is 20.7 Å². The Kier molecular flexibility index (Phi) is 5.51. The van der Waals surface area contributed by atoms with E-state index in [1.54, 1.807) is 0 Å². The summed E-state index contributed by atoms with van der Waals surface area (Å²) < 4.78 is 7.36. The van der Waals surface area contributed by atoms with Crippen LogP contribution in [0, 0.1) is 0 Å². The van der Waals surface area contributed by atoms with Crippen molar-refractivity contribution in [3.8, 4) is 0 Å². The molecule has 2 saturated heterocycles. The Balaban J connectivity index is 1.46. The van der Waals surface area contributed by atoms with E-state index in [0.29, 0.717) is 13.0 Å². The Bertz CT molecular complexity index is 1240. The first-order chi connectivity index (χ1) is 18.2. The third kappa shape index (κ3) is 2.90. The van der Waals surface area contributed by atoms with Crippen molar-refractivity contribution in [2.45, 2.75) is 107 Å². The fourth-order valence-electron chi connectivity index (χ4n) is 8.58. The third-order valence-electron chi connectivity index (χ3n) is 10.0. The predicted molar refractivity (Wildman–Crippen MR) is 143 cm³/mol. The monoisotopic (exact) mass is 498 g/mol. The van der Waals surface area contributed by atoms with Gasteiger partial charge in [0.15, 0.2) is 11.4 Å². The quantitative estimate of drug-likeness (QED) is 0.402. The number of anilines is 1. The minimum absolute atomic E-state index is 0.0891. The van der Waals surface area contributed by atoms with Gasteiger partial charge in [0, 0.05) is 24.1 Å². The van der Waals surface area contributed by atoms with Crippen molar-refractivity contribution in [1.82, 2.24) is 4.90 Å². The summed E-state index contributed by atoms with van der Waals surface area (Å²) in [6.07, 6.45) is 14.6. The first kappa shape index (κ1) is 23.5. The van der Waals surface area contributed by atoms with E-state index in [0.717, 1.165) is 74.6 Å². The summed E-state index contributed by atoms with van der Waals surface area (Å²) in [5, 5.41) is 0. The van der Waals surface area contributed by atoms with Crippen molar-refractivity contribution in [2.24, 2.45) is 0 Å². The van der Waals surface area contributed by atoms with Crippen LogP contribution in [0.25, 0.3) is 0 Å². The highest BCUT2D eigenvalue weighted by atomic mass is 16.6. The SMILES string of the molecule is O=C1CCCCCCCCCCN2C(=O)c3ccccc3[C@]23O[C@]24CCCCC[C@@]23c2ccccc2N14. The van der Waals surface area contributed by atoms with E-state index < -0.39 is 16.9 Å². The number of carbonyl (C=O) groups excluding carboxylic acids is 2.